The highest BCUT2D eigenvalue weighted by molar-refractivity contribution is 6.11. The number of hydrogen-bond donors (Lipinski definition) is 3. The molecule has 0 bridgehead atoms. The molecule has 3 N–H and O–H groups in total. The summed E-state index contributed by atoms with van der Waals surface area (Å²) in [4.78, 5) is 38.6. The van der Waals surface area contributed by atoms with Gasteiger partial charge >= 0.3 is 0 Å². The second-order valence-corrected chi connectivity index (χ2v) is 11.9. The molecule has 176 valence electrons. The van der Waals surface area contributed by atoms with E-state index in [1.54, 1.807) is 6.08 Å². The summed E-state index contributed by atoms with van der Waals surface area (Å²) < 4.78 is 0. The van der Waals surface area contributed by atoms with Gasteiger partial charge in [-0.15, -0.1) is 0 Å². The lowest BCUT2D eigenvalue weighted by molar-refractivity contribution is -0.179. The van der Waals surface area contributed by atoms with Crippen LogP contribution in [0.15, 0.2) is 23.3 Å². The van der Waals surface area contributed by atoms with Gasteiger partial charge in [-0.2, -0.15) is 0 Å². The summed E-state index contributed by atoms with van der Waals surface area (Å²) in [7, 11) is 0. The van der Waals surface area contributed by atoms with E-state index in [9.17, 15) is 29.7 Å². The molecule has 3 saturated carbocycles. The van der Waals surface area contributed by atoms with Gasteiger partial charge in [0, 0.05) is 27.7 Å². The zero-order valence-electron chi connectivity index (χ0n) is 19.8. The van der Waals surface area contributed by atoms with Gasteiger partial charge in [-0.05, 0) is 56.1 Å². The average molecular weight is 445 g/mol. The van der Waals surface area contributed by atoms with Crippen LogP contribution in [0.5, 0.6) is 0 Å². The molecular weight excluding hydrogens is 408 g/mol. The Hall–Kier alpha value is -1.63. The number of ketones is 3. The minimum atomic E-state index is -1.65. The summed E-state index contributed by atoms with van der Waals surface area (Å²) in [5.41, 5.74) is -2.54. The first kappa shape index (κ1) is 23.5. The van der Waals surface area contributed by atoms with Gasteiger partial charge in [-0.3, -0.25) is 14.4 Å². The highest BCUT2D eigenvalue weighted by Crippen LogP contribution is 2.68. The van der Waals surface area contributed by atoms with Crippen LogP contribution in [-0.4, -0.2) is 51.0 Å². The fraction of sp³-hybridized carbons (Fsp3) is 0.731. The third-order valence-electron chi connectivity index (χ3n) is 9.38. The van der Waals surface area contributed by atoms with Crippen molar-refractivity contribution in [1.29, 1.82) is 0 Å². The maximum absolute atomic E-state index is 13.5. The van der Waals surface area contributed by atoms with Gasteiger partial charge in [0.25, 0.3) is 0 Å². The lowest BCUT2D eigenvalue weighted by atomic mass is 9.44. The Balaban J connectivity index is 1.81. The van der Waals surface area contributed by atoms with Crippen LogP contribution < -0.4 is 0 Å². The Morgan fingerprint density at radius 3 is 2.41 bits per heavy atom. The number of carbonyl (C=O) groups is 3. The number of hydrogen-bond acceptors (Lipinski definition) is 6. The highest BCUT2D eigenvalue weighted by atomic mass is 16.3. The number of allylic oxidation sites excluding steroid dienone is 4. The molecule has 0 aromatic heterocycles. The van der Waals surface area contributed by atoms with E-state index in [0.29, 0.717) is 18.4 Å². The number of fused-ring (bicyclic) bond motifs is 5. The lowest BCUT2D eigenvalue weighted by Crippen LogP contribution is -2.62. The molecule has 4 aliphatic carbocycles. The fourth-order valence-electron chi connectivity index (χ4n) is 7.74. The van der Waals surface area contributed by atoms with Crippen molar-refractivity contribution in [3.05, 3.63) is 23.3 Å². The summed E-state index contributed by atoms with van der Waals surface area (Å²) in [6.07, 6.45) is 4.74. The molecule has 0 radical (unpaired) electrons. The molecule has 0 aromatic carbocycles. The fourth-order valence-corrected chi connectivity index (χ4v) is 7.74. The van der Waals surface area contributed by atoms with E-state index in [2.05, 4.69) is 0 Å². The second kappa shape index (κ2) is 7.18. The Kier molecular flexibility index (Phi) is 5.28. The van der Waals surface area contributed by atoms with Gasteiger partial charge in [0.05, 0.1) is 6.10 Å². The molecule has 0 aliphatic heterocycles. The van der Waals surface area contributed by atoms with E-state index in [1.807, 2.05) is 34.6 Å². The molecular formula is C26H36O6. The molecule has 7 atom stereocenters. The van der Waals surface area contributed by atoms with Crippen molar-refractivity contribution in [3.8, 4) is 0 Å². The molecule has 0 aromatic rings. The van der Waals surface area contributed by atoms with Crippen molar-refractivity contribution in [2.75, 3.05) is 6.61 Å². The van der Waals surface area contributed by atoms with Crippen LogP contribution >= 0.6 is 0 Å². The number of aliphatic hydroxyl groups is 3. The molecule has 4 aliphatic rings. The molecule has 0 heterocycles. The third kappa shape index (κ3) is 2.92. The van der Waals surface area contributed by atoms with Crippen LogP contribution in [0.4, 0.5) is 0 Å². The minimum Gasteiger partial charge on any atom is -0.393 e. The number of aliphatic hydroxyl groups excluding tert-OH is 2. The monoisotopic (exact) mass is 444 g/mol. The average Bonchev–Trinajstić information content (AvgIpc) is 2.97. The van der Waals surface area contributed by atoms with E-state index >= 15 is 0 Å². The summed E-state index contributed by atoms with van der Waals surface area (Å²) in [6, 6.07) is 0. The Bertz CT molecular complexity index is 938. The molecule has 0 amide bonds. The molecule has 0 unspecified atom stereocenters. The van der Waals surface area contributed by atoms with Crippen molar-refractivity contribution >= 4 is 17.3 Å². The predicted octanol–water partition coefficient (Wildman–Crippen LogP) is 2.54. The van der Waals surface area contributed by atoms with E-state index < -0.39 is 40.3 Å². The van der Waals surface area contributed by atoms with Gasteiger partial charge < -0.3 is 15.3 Å². The lowest BCUT2D eigenvalue weighted by Gasteiger charge is -2.60. The standard InChI is InChI=1S/C26H36O6/c1-23(2,3)22(31)18-11-15(28)10-14-6-7-16-17-8-9-26(32,20(30)13-27)24(17,4)12-19(29)21(16)25(14,18)5/h10-11,16-17,19,21,27,29,32H,6-9,12-13H2,1-5H3/t16-,17-,19-,21+,24-,25+,26-/m0/s1. The summed E-state index contributed by atoms with van der Waals surface area (Å²) in [5.74, 6) is -1.14. The maximum Gasteiger partial charge on any atom is 0.190 e. The Labute approximate surface area is 189 Å². The number of carbonyl (C=O) groups excluding carboxylic acids is 3. The first-order valence-corrected chi connectivity index (χ1v) is 11.8. The van der Waals surface area contributed by atoms with Crippen molar-refractivity contribution in [3.63, 3.8) is 0 Å². The van der Waals surface area contributed by atoms with Gasteiger partial charge in [0.15, 0.2) is 17.3 Å². The zero-order valence-corrected chi connectivity index (χ0v) is 19.8. The third-order valence-corrected chi connectivity index (χ3v) is 9.38. The molecule has 4 rings (SSSR count). The summed E-state index contributed by atoms with van der Waals surface area (Å²) in [5, 5.41) is 32.4. The first-order chi connectivity index (χ1) is 14.7. The maximum atomic E-state index is 13.5. The smallest absolute Gasteiger partial charge is 0.190 e. The molecule has 0 spiro atoms. The van der Waals surface area contributed by atoms with Gasteiger partial charge in [-0.25, -0.2) is 0 Å². The van der Waals surface area contributed by atoms with Crippen LogP contribution in [-0.2, 0) is 14.4 Å². The Morgan fingerprint density at radius 2 is 1.81 bits per heavy atom. The summed E-state index contributed by atoms with van der Waals surface area (Å²) >= 11 is 0. The van der Waals surface area contributed by atoms with Gasteiger partial charge in [0.2, 0.25) is 0 Å². The quantitative estimate of drug-likeness (QED) is 0.617. The predicted molar refractivity (Wildman–Crippen MR) is 118 cm³/mol. The van der Waals surface area contributed by atoms with E-state index in [0.717, 1.165) is 12.0 Å². The van der Waals surface area contributed by atoms with Crippen molar-refractivity contribution < 1.29 is 29.7 Å². The largest absolute Gasteiger partial charge is 0.393 e. The van der Waals surface area contributed by atoms with Crippen LogP contribution in [0.3, 0.4) is 0 Å². The highest BCUT2D eigenvalue weighted by Gasteiger charge is 2.69. The SMILES string of the molecule is CC(C)(C)C(=O)C1=CC(=O)C=C2CC[C@@H]3[C@H]([C@@H](O)C[C@@]4(C)[C@H]3CC[C@]4(O)C(=O)CO)[C@]21C. The topological polar surface area (TPSA) is 112 Å². The first-order valence-electron chi connectivity index (χ1n) is 11.8. The van der Waals surface area contributed by atoms with Crippen molar-refractivity contribution in [2.24, 2.45) is 34.0 Å². The van der Waals surface area contributed by atoms with Gasteiger partial charge in [-0.1, -0.05) is 40.2 Å². The van der Waals surface area contributed by atoms with Crippen LogP contribution in [0.1, 0.15) is 66.7 Å². The van der Waals surface area contributed by atoms with Crippen LogP contribution in [0, 0.1) is 34.0 Å². The molecule has 3 fully saturated rings. The molecule has 32 heavy (non-hydrogen) atoms. The van der Waals surface area contributed by atoms with E-state index in [4.69, 9.17) is 0 Å². The van der Waals surface area contributed by atoms with Crippen LogP contribution in [0.2, 0.25) is 0 Å². The zero-order chi connectivity index (χ0) is 23.9. The molecule has 0 saturated heterocycles. The molecule has 6 heteroatoms. The summed E-state index contributed by atoms with van der Waals surface area (Å²) in [6.45, 7) is 8.66. The van der Waals surface area contributed by atoms with E-state index in [-0.39, 0.29) is 42.2 Å². The minimum absolute atomic E-state index is 0.00390. The number of Topliss-reactive ketones (excluding diaryl/α,β-unsaturated/α-hetero) is 2. The van der Waals surface area contributed by atoms with Crippen molar-refractivity contribution in [1.82, 2.24) is 0 Å². The van der Waals surface area contributed by atoms with Crippen molar-refractivity contribution in [2.45, 2.75) is 78.4 Å². The number of rotatable bonds is 3. The Morgan fingerprint density at radius 1 is 1.16 bits per heavy atom. The van der Waals surface area contributed by atoms with Gasteiger partial charge in [0.1, 0.15) is 12.2 Å². The normalized spacial score (nSPS) is 43.6. The molecule has 6 nitrogen and oxygen atoms in total. The second-order valence-electron chi connectivity index (χ2n) is 11.9. The van der Waals surface area contributed by atoms with E-state index in [1.165, 1.54) is 6.08 Å². The van der Waals surface area contributed by atoms with Crippen LogP contribution in [0.25, 0.3) is 0 Å².